The highest BCUT2D eigenvalue weighted by Gasteiger charge is 2.39. The van der Waals surface area contributed by atoms with Gasteiger partial charge in [0, 0.05) is 26.2 Å². The van der Waals surface area contributed by atoms with E-state index in [0.29, 0.717) is 12.8 Å². The number of nitrogens with two attached hydrogens (primary N) is 11. The van der Waals surface area contributed by atoms with Gasteiger partial charge in [0.05, 0.1) is 6.04 Å². The standard InChI is InChI=1S/C64H124N26O12/c1-14-35(11)47(59(101)85-42(24-25-65)53(95)82-39(21-17-27-77-62(70)71)51(93)81-38(49(67)91)20-16-26-76-61(68)69)89-54(96)41(23-19-29-79-64(74)75)84-58(100)46(34(9)10)87-50(92)37(13)80-57(99)45(33(7)8)88-60(102)48(36(12)15-2)90-55(97)43(30-31(3)4)86-52(94)40(22-18-28-78-63(72)73)83-56(98)44(66)32(5)6/h31-48H,14-30,65-66H2,1-13H3,(H2,67,91)(H,80,99)(H,81,93)(H,82,95)(H,83,98)(H,84,100)(H,85,101)(H,86,94)(H,87,92)(H,88,102)(H,89,96)(H,90,97)(H4,68,69,76)(H4,70,71,77)(H4,72,73,78)(H4,74,75,79)/t35-,36-,37-,38-,39-,40-,41-,42-,43-,44-,45-,46-,47-,48-/m0/s1. The van der Waals surface area contributed by atoms with Gasteiger partial charge in [0.1, 0.15) is 66.5 Å². The van der Waals surface area contributed by atoms with Crippen molar-refractivity contribution in [1.82, 2.24) is 58.5 Å². The maximum atomic E-state index is 14.5. The van der Waals surface area contributed by atoms with Crippen LogP contribution in [0.1, 0.15) is 167 Å². The molecule has 0 aromatic carbocycles. The predicted octanol–water partition coefficient (Wildman–Crippen LogP) is -6.18. The van der Waals surface area contributed by atoms with Gasteiger partial charge in [-0.25, -0.2) is 0 Å². The number of nitrogens with zero attached hydrogens (tertiary/aromatic N) is 4. The van der Waals surface area contributed by atoms with Crippen LogP contribution in [-0.2, 0) is 57.5 Å². The van der Waals surface area contributed by atoms with Crippen LogP contribution in [-0.4, -0.2) is 200 Å². The molecule has 33 N–H and O–H groups in total. The third-order valence-corrected chi connectivity index (χ3v) is 16.6. The number of hydrogen-bond donors (Lipinski definition) is 22. The summed E-state index contributed by atoms with van der Waals surface area (Å²) in [5.74, 6) is -13.0. The van der Waals surface area contributed by atoms with Gasteiger partial charge in [0.2, 0.25) is 70.9 Å². The molecule has 0 fully saturated rings. The summed E-state index contributed by atoms with van der Waals surface area (Å²) in [4.78, 5) is 183. The highest BCUT2D eigenvalue weighted by Crippen LogP contribution is 2.16. The molecule has 0 aliphatic rings. The first-order valence-corrected chi connectivity index (χ1v) is 34.9. The molecule has 102 heavy (non-hydrogen) atoms. The Kier molecular flexibility index (Phi) is 44.0. The topological polar surface area (TPSA) is 673 Å². The van der Waals surface area contributed by atoms with Crippen LogP contribution in [0.15, 0.2) is 20.0 Å². The Labute approximate surface area is 599 Å². The average Bonchev–Trinajstić information content (AvgIpc) is 0.852. The molecular weight excluding hydrogens is 1320 g/mol. The second kappa shape index (κ2) is 48.5. The summed E-state index contributed by atoms with van der Waals surface area (Å²) in [6, 6.07) is -15.2. The quantitative estimate of drug-likeness (QED) is 0.0153. The molecule has 0 aliphatic heterocycles. The van der Waals surface area contributed by atoms with Crippen LogP contribution < -0.4 is 122 Å². The summed E-state index contributed by atoms with van der Waals surface area (Å²) >= 11 is 0. The predicted molar refractivity (Wildman–Crippen MR) is 390 cm³/mol. The zero-order valence-corrected chi connectivity index (χ0v) is 62.0. The molecule has 0 saturated carbocycles. The lowest BCUT2D eigenvalue weighted by atomic mass is 9.95. The monoisotopic (exact) mass is 1450 g/mol. The smallest absolute Gasteiger partial charge is 0.243 e. The maximum absolute atomic E-state index is 14.5. The Morgan fingerprint density at radius 3 is 0.922 bits per heavy atom. The van der Waals surface area contributed by atoms with Crippen molar-refractivity contribution in [3.05, 3.63) is 0 Å². The largest absolute Gasteiger partial charge is 0.370 e. The molecule has 38 heteroatoms. The van der Waals surface area contributed by atoms with Crippen molar-refractivity contribution in [3.63, 3.8) is 0 Å². The highest BCUT2D eigenvalue weighted by molar-refractivity contribution is 5.99. The van der Waals surface area contributed by atoms with E-state index in [1.807, 2.05) is 13.8 Å². The van der Waals surface area contributed by atoms with Gasteiger partial charge in [-0.1, -0.05) is 95.9 Å². The van der Waals surface area contributed by atoms with E-state index >= 15 is 0 Å². The summed E-state index contributed by atoms with van der Waals surface area (Å²) < 4.78 is 0. The molecule has 0 radical (unpaired) electrons. The van der Waals surface area contributed by atoms with Crippen molar-refractivity contribution >= 4 is 94.7 Å². The zero-order chi connectivity index (χ0) is 78.3. The van der Waals surface area contributed by atoms with E-state index in [2.05, 4.69) is 78.5 Å². The molecule has 582 valence electrons. The lowest BCUT2D eigenvalue weighted by Crippen LogP contribution is -2.62. The fourth-order valence-corrected chi connectivity index (χ4v) is 10.0. The van der Waals surface area contributed by atoms with E-state index in [1.165, 1.54) is 6.92 Å². The molecule has 14 atom stereocenters. The summed E-state index contributed by atoms with van der Waals surface area (Å²) in [5, 5.41) is 29.4. The van der Waals surface area contributed by atoms with Crippen molar-refractivity contribution in [2.75, 3.05) is 32.7 Å². The minimum Gasteiger partial charge on any atom is -0.370 e. The fraction of sp³-hybridized carbons (Fsp3) is 0.750. The molecule has 0 aromatic rings. The molecule has 0 aliphatic carbocycles. The van der Waals surface area contributed by atoms with Crippen LogP contribution in [0.2, 0.25) is 0 Å². The van der Waals surface area contributed by atoms with E-state index in [1.54, 1.807) is 69.2 Å². The van der Waals surface area contributed by atoms with Gasteiger partial charge in [-0.2, -0.15) is 0 Å². The Bertz CT molecular complexity index is 2840. The van der Waals surface area contributed by atoms with Gasteiger partial charge in [-0.15, -0.1) is 0 Å². The normalized spacial score (nSPS) is 15.3. The van der Waals surface area contributed by atoms with Crippen LogP contribution in [0.5, 0.6) is 0 Å². The summed E-state index contributed by atoms with van der Waals surface area (Å²) in [5.41, 5.74) is 61.6. The number of carbonyl (C=O) groups excluding carboxylic acids is 12. The first kappa shape index (κ1) is 92.6. The molecule has 0 rings (SSSR count). The van der Waals surface area contributed by atoms with Gasteiger partial charge in [-0.3, -0.25) is 77.5 Å². The van der Waals surface area contributed by atoms with Gasteiger partial charge in [-0.05, 0) is 113 Å². The lowest BCUT2D eigenvalue weighted by Gasteiger charge is -2.31. The molecule has 0 bridgehead atoms. The summed E-state index contributed by atoms with van der Waals surface area (Å²) in [6.45, 7) is 22.2. The number of amides is 12. The molecule has 0 heterocycles. The van der Waals surface area contributed by atoms with E-state index in [-0.39, 0.29) is 133 Å². The molecule has 0 spiro atoms. The van der Waals surface area contributed by atoms with Crippen LogP contribution in [0.4, 0.5) is 0 Å². The van der Waals surface area contributed by atoms with Gasteiger partial charge in [0.15, 0.2) is 23.8 Å². The first-order chi connectivity index (χ1) is 47.6. The van der Waals surface area contributed by atoms with Crippen molar-refractivity contribution in [3.8, 4) is 0 Å². The minimum absolute atomic E-state index is 0.0115. The first-order valence-electron chi connectivity index (χ1n) is 34.9. The van der Waals surface area contributed by atoms with E-state index in [0.717, 1.165) is 0 Å². The Morgan fingerprint density at radius 1 is 0.314 bits per heavy atom. The number of aliphatic imine (C=N–C) groups is 4. The number of hydrogen-bond acceptors (Lipinski definition) is 18. The number of primary amides is 1. The number of carbonyl (C=O) groups is 12. The van der Waals surface area contributed by atoms with Crippen LogP contribution in [0.25, 0.3) is 0 Å². The minimum atomic E-state index is -1.41. The van der Waals surface area contributed by atoms with E-state index in [9.17, 15) is 57.5 Å². The molecule has 38 nitrogen and oxygen atoms in total. The summed E-state index contributed by atoms with van der Waals surface area (Å²) in [6.07, 6.45) is 1.43. The fourth-order valence-electron chi connectivity index (χ4n) is 10.0. The van der Waals surface area contributed by atoms with E-state index in [4.69, 9.17) is 63.1 Å². The highest BCUT2D eigenvalue weighted by atomic mass is 16.2. The van der Waals surface area contributed by atoms with Gasteiger partial charge >= 0.3 is 0 Å². The second-order valence-electron chi connectivity index (χ2n) is 27.0. The number of nitrogens with one attached hydrogen (secondary N) is 11. The van der Waals surface area contributed by atoms with Crippen molar-refractivity contribution in [2.24, 2.45) is 119 Å². The molecule has 0 saturated heterocycles. The zero-order valence-electron chi connectivity index (χ0n) is 62.0. The van der Waals surface area contributed by atoms with Crippen LogP contribution in [0, 0.1) is 35.5 Å². The van der Waals surface area contributed by atoms with Crippen molar-refractivity contribution in [1.29, 1.82) is 0 Å². The van der Waals surface area contributed by atoms with Crippen LogP contribution >= 0.6 is 0 Å². The molecule has 0 aromatic heterocycles. The maximum Gasteiger partial charge on any atom is 0.243 e. The number of rotatable bonds is 50. The third kappa shape index (κ3) is 36.3. The molecule has 0 unspecified atom stereocenters. The van der Waals surface area contributed by atoms with Crippen molar-refractivity contribution in [2.45, 2.75) is 240 Å². The Balaban J connectivity index is 6.86. The van der Waals surface area contributed by atoms with Crippen LogP contribution in [0.3, 0.4) is 0 Å². The lowest BCUT2D eigenvalue weighted by molar-refractivity contribution is -0.137. The number of guanidine groups is 4. The Hall–Kier alpha value is -9.36. The van der Waals surface area contributed by atoms with Crippen molar-refractivity contribution < 1.29 is 57.5 Å². The van der Waals surface area contributed by atoms with E-state index < -0.39 is 167 Å². The third-order valence-electron chi connectivity index (χ3n) is 16.6. The second-order valence-corrected chi connectivity index (χ2v) is 27.0. The average molecular weight is 1450 g/mol. The summed E-state index contributed by atoms with van der Waals surface area (Å²) in [7, 11) is 0. The SMILES string of the molecule is CC[C@H](C)[C@H](NC(=O)[C@H](CCCN=C(N)N)NC(=O)[C@@H](NC(=O)[C@H](C)NC(=O)[C@@H](NC(=O)[C@@H](NC(=O)[C@H](CC(C)C)NC(=O)[C@H](CCCN=C(N)N)NC(=O)[C@@H](N)C(C)C)[C@@H](C)CC)C(C)C)C(C)C)C(=O)N[C@@H](CCN)C(=O)N[C@@H](CCCN=C(N)N)C(=O)N[C@@H](CCCN=C(N)N)C(N)=O. The van der Waals surface area contributed by atoms with Gasteiger partial charge in [0.25, 0.3) is 0 Å². The Morgan fingerprint density at radius 2 is 0.588 bits per heavy atom. The molecule has 12 amide bonds. The molecular formula is C64H124N26O12. The van der Waals surface area contributed by atoms with Gasteiger partial charge < -0.3 is 122 Å².